The number of phenols is 1. The summed E-state index contributed by atoms with van der Waals surface area (Å²) in [6, 6.07) is 14.2. The lowest BCUT2D eigenvalue weighted by Gasteiger charge is -2.73. The molecule has 0 spiro atoms. The van der Waals surface area contributed by atoms with E-state index in [0.29, 0.717) is 56.9 Å². The van der Waals surface area contributed by atoms with Crippen molar-refractivity contribution in [3.8, 4) is 5.75 Å². The number of allylic oxidation sites excluding steroid dienone is 2. The summed E-state index contributed by atoms with van der Waals surface area (Å²) in [5.41, 5.74) is 8.04. The van der Waals surface area contributed by atoms with Crippen molar-refractivity contribution in [3.05, 3.63) is 70.3 Å². The third kappa shape index (κ3) is 7.64. The molecule has 10 nitrogen and oxygen atoms in total. The molecule has 2 aliphatic heterocycles. The largest absolute Gasteiger partial charge is 0.508 e. The van der Waals surface area contributed by atoms with Gasteiger partial charge in [-0.05, 0) is 210 Å². The molecule has 10 aliphatic rings. The van der Waals surface area contributed by atoms with Crippen LogP contribution in [-0.4, -0.2) is 81.1 Å². The van der Waals surface area contributed by atoms with E-state index in [-0.39, 0.29) is 70.6 Å². The van der Waals surface area contributed by atoms with Gasteiger partial charge >= 0.3 is 0 Å². The number of benzene rings is 2. The zero-order chi connectivity index (χ0) is 51.0. The number of nitrogens with two attached hydrogens (primary N) is 1. The van der Waals surface area contributed by atoms with Crippen LogP contribution < -0.4 is 16.4 Å². The highest BCUT2D eigenvalue weighted by atomic mass is 16.6. The number of carbonyl (C=O) groups excluding carboxylic acids is 2. The maximum atomic E-state index is 16.1. The number of epoxide rings is 1. The number of aliphatic hydroxyl groups excluding tert-OH is 2. The average Bonchev–Trinajstić information content (AvgIpc) is 3.68. The number of phenolic OH excluding ortho intramolecular Hbond substituents is 1. The number of carbonyl (C=O) groups is 2. The lowest BCUT2D eigenvalue weighted by Crippen LogP contribution is -2.75. The van der Waals surface area contributed by atoms with Gasteiger partial charge in [0.25, 0.3) is 0 Å². The Labute approximate surface area is 430 Å². The fourth-order valence-corrected chi connectivity index (χ4v) is 20.4. The number of nitrogens with one attached hydrogen (secondary N) is 2. The Kier molecular flexibility index (Phi) is 12.6. The maximum Gasteiger partial charge on any atom is 0.160 e. The number of β-amino-alcohol motifs (C(OH)–C–C–N with tert-alkyl or cyclic N) is 1. The van der Waals surface area contributed by atoms with Gasteiger partial charge in [-0.15, -0.1) is 0 Å². The highest BCUT2D eigenvalue weighted by molar-refractivity contribution is 6.01. The number of rotatable bonds is 11. The van der Waals surface area contributed by atoms with Crippen molar-refractivity contribution in [2.45, 2.75) is 210 Å². The summed E-state index contributed by atoms with van der Waals surface area (Å²) < 4.78 is 6.74. The predicted molar refractivity (Wildman–Crippen MR) is 282 cm³/mol. The van der Waals surface area contributed by atoms with Crippen LogP contribution in [0.15, 0.2) is 53.6 Å². The Morgan fingerprint density at radius 3 is 2.44 bits per heavy atom. The van der Waals surface area contributed by atoms with Crippen molar-refractivity contribution in [2.75, 3.05) is 25.9 Å². The van der Waals surface area contributed by atoms with Gasteiger partial charge in [-0.25, -0.2) is 0 Å². The molecule has 0 amide bonds. The second-order valence-electron chi connectivity index (χ2n) is 27.5. The van der Waals surface area contributed by atoms with E-state index in [1.54, 1.807) is 0 Å². The molecule has 394 valence electrons. The minimum absolute atomic E-state index is 0.0134. The number of aliphatic hydroxyl groups is 3. The minimum Gasteiger partial charge on any atom is -0.508 e. The molecule has 9 fully saturated rings. The van der Waals surface area contributed by atoms with Gasteiger partial charge in [-0.3, -0.25) is 9.59 Å². The van der Waals surface area contributed by atoms with Gasteiger partial charge in [0.05, 0.1) is 22.7 Å². The number of hydrogen-bond acceptors (Lipinski definition) is 10. The van der Waals surface area contributed by atoms with Crippen LogP contribution in [0.2, 0.25) is 0 Å². The van der Waals surface area contributed by atoms with Crippen LogP contribution in [0.3, 0.4) is 0 Å². The van der Waals surface area contributed by atoms with Crippen molar-refractivity contribution in [1.82, 2.24) is 10.6 Å². The fraction of sp³-hybridized carbons (Fsp3) is 0.742. The number of anilines is 1. The quantitative estimate of drug-likeness (QED) is 0.0847. The highest BCUT2D eigenvalue weighted by Gasteiger charge is 2.79. The molecule has 72 heavy (non-hydrogen) atoms. The van der Waals surface area contributed by atoms with Crippen molar-refractivity contribution >= 4 is 17.3 Å². The van der Waals surface area contributed by atoms with Crippen LogP contribution in [0.5, 0.6) is 5.75 Å². The maximum absolute atomic E-state index is 16.1. The van der Waals surface area contributed by atoms with Crippen molar-refractivity contribution < 1.29 is 34.8 Å². The van der Waals surface area contributed by atoms with E-state index < -0.39 is 39.1 Å². The zero-order valence-electron chi connectivity index (χ0n) is 44.9. The smallest absolute Gasteiger partial charge is 0.160 e. The summed E-state index contributed by atoms with van der Waals surface area (Å²) in [5.74, 6) is 1.78. The Morgan fingerprint density at radius 2 is 1.68 bits per heavy atom. The Hall–Kier alpha value is -3.12. The Bertz CT molecular complexity index is 2510. The molecule has 0 radical (unpaired) electrons. The number of ketones is 2. The van der Waals surface area contributed by atoms with Gasteiger partial charge in [0, 0.05) is 48.2 Å². The molecule has 8 N–H and O–H groups in total. The molecule has 10 heteroatoms. The third-order valence-electron chi connectivity index (χ3n) is 23.2. The van der Waals surface area contributed by atoms with Crippen LogP contribution >= 0.6 is 0 Å². The first kappa shape index (κ1) is 51.0. The van der Waals surface area contributed by atoms with E-state index in [1.165, 1.54) is 11.1 Å². The summed E-state index contributed by atoms with van der Waals surface area (Å²) in [7, 11) is 1.92. The molecule has 2 heterocycles. The van der Waals surface area contributed by atoms with Gasteiger partial charge in [0.2, 0.25) is 0 Å². The van der Waals surface area contributed by atoms with Crippen molar-refractivity contribution in [2.24, 2.45) is 57.2 Å². The fourth-order valence-electron chi connectivity index (χ4n) is 20.4. The second-order valence-corrected chi connectivity index (χ2v) is 27.5. The van der Waals surface area contributed by atoms with Gasteiger partial charge in [-0.2, -0.15) is 0 Å². The monoisotopic (exact) mass is 988 g/mol. The lowest BCUT2D eigenvalue weighted by molar-refractivity contribution is -0.218. The Morgan fingerprint density at radius 1 is 0.903 bits per heavy atom. The first-order chi connectivity index (χ1) is 34.1. The molecular weight excluding hydrogens is 899 g/mol. The van der Waals surface area contributed by atoms with Gasteiger partial charge < -0.3 is 41.5 Å². The van der Waals surface area contributed by atoms with E-state index >= 15 is 9.59 Å². The molecule has 5 bridgehead atoms. The number of aromatic hydroxyl groups is 1. The van der Waals surface area contributed by atoms with Gasteiger partial charge in [-0.1, -0.05) is 77.2 Å². The van der Waals surface area contributed by atoms with E-state index in [9.17, 15) is 20.4 Å². The number of Topliss-reactive ketones (excluding diaryl/α,β-unsaturated/α-hetero) is 2. The molecule has 2 saturated heterocycles. The predicted octanol–water partition coefficient (Wildman–Crippen LogP) is 9.98. The Balaban J connectivity index is 1.00. The lowest BCUT2D eigenvalue weighted by atomic mass is 9.31. The molecule has 2 aromatic rings. The average molecular weight is 988 g/mol. The topological polar surface area (TPSA) is 178 Å². The molecular formula is C62H89N3O7. The first-order valence-electron chi connectivity index (χ1n) is 28.7. The van der Waals surface area contributed by atoms with Crippen LogP contribution in [0.4, 0.5) is 5.69 Å². The number of ether oxygens (including phenoxy) is 1. The van der Waals surface area contributed by atoms with E-state index in [4.69, 9.17) is 10.5 Å². The van der Waals surface area contributed by atoms with Gasteiger partial charge in [0.15, 0.2) is 5.78 Å². The molecule has 8 aliphatic carbocycles. The van der Waals surface area contributed by atoms with Crippen LogP contribution in [0.1, 0.15) is 186 Å². The summed E-state index contributed by atoms with van der Waals surface area (Å²) in [6.45, 7) is 15.1. The number of fused-ring (bicyclic) bond motifs is 4. The molecule has 2 aromatic carbocycles. The van der Waals surface area contributed by atoms with Crippen molar-refractivity contribution in [1.29, 1.82) is 0 Å². The number of hydrogen-bond donors (Lipinski definition) is 7. The molecule has 7 saturated carbocycles. The SMILES string of the molecule is CNCc1cc(O)cc(C23CCC45CC6(C)C(CCC7=C(C(CC(O)C8OC8(C)C8CCCC8c8cccc(N)c8)C8CCCC(CO)C8)C(=O)CC76C)C(C)(C2)C4C(C)(CCCCC(C)(O)CN5)C3=O)c1. The standard InChI is InChI=1S/C62H89N3O7/c1-55(71)21-8-9-22-56(2)53-57(3)34-61(54(56)70,41-26-38(32-64-7)27-43(67)29-41)23-24-62(53,65-36-55)35-59(5)50(57)20-19-47-51(49(69)31-58(47,59)4)45(39-14-10-13-37(25-39)33-66)30-48(68)52-60(6,72-52)46-18-12-17-44(46)40-15-11-16-42(63)28-40/h11,15-16,26-29,37,39,44-46,48,50,52-53,64-68,71H,8-10,12-14,17-25,30-36,63H2,1-7H3. The van der Waals surface area contributed by atoms with Crippen LogP contribution in [0.25, 0.3) is 0 Å². The summed E-state index contributed by atoms with van der Waals surface area (Å²) >= 11 is 0. The normalized spacial score (nSPS) is 45.6. The summed E-state index contributed by atoms with van der Waals surface area (Å²) in [4.78, 5) is 31.7. The first-order valence-corrected chi connectivity index (χ1v) is 28.7. The summed E-state index contributed by atoms with van der Waals surface area (Å²) in [6.07, 6.45) is 14.7. The molecule has 12 rings (SSSR count). The summed E-state index contributed by atoms with van der Waals surface area (Å²) in [5, 5.41) is 54.2. The third-order valence-corrected chi connectivity index (χ3v) is 23.2. The molecule has 17 unspecified atom stereocenters. The number of nitrogen functional groups attached to an aromatic ring is 1. The van der Waals surface area contributed by atoms with Crippen molar-refractivity contribution in [3.63, 3.8) is 0 Å². The molecule has 17 atom stereocenters. The van der Waals surface area contributed by atoms with Gasteiger partial charge in [0.1, 0.15) is 17.6 Å². The van der Waals surface area contributed by atoms with Crippen LogP contribution in [0, 0.1) is 57.2 Å². The van der Waals surface area contributed by atoms with Crippen LogP contribution in [-0.2, 0) is 26.3 Å². The minimum atomic E-state index is -0.913. The highest BCUT2D eigenvalue weighted by Crippen LogP contribution is 2.80. The second kappa shape index (κ2) is 17.7. The van der Waals surface area contributed by atoms with E-state index in [2.05, 4.69) is 63.5 Å². The van der Waals surface area contributed by atoms with E-state index in [1.807, 2.05) is 38.2 Å². The molecule has 0 aromatic heterocycles. The zero-order valence-corrected chi connectivity index (χ0v) is 44.9. The van der Waals surface area contributed by atoms with E-state index in [0.717, 1.165) is 112 Å².